The lowest BCUT2D eigenvalue weighted by Crippen LogP contribution is -2.42. The van der Waals surface area contributed by atoms with Crippen molar-refractivity contribution in [1.82, 2.24) is 15.0 Å². The molecule has 3 aliphatic rings. The van der Waals surface area contributed by atoms with Crippen LogP contribution < -0.4 is 0 Å². The first kappa shape index (κ1) is 21.8. The predicted molar refractivity (Wildman–Crippen MR) is 134 cm³/mol. The molecule has 0 spiro atoms. The molecule has 2 fully saturated rings. The number of nitrogens with zero attached hydrogens (tertiary/aromatic N) is 3. The minimum atomic E-state index is -0.0314. The molecule has 4 nitrogen and oxygen atoms in total. The maximum Gasteiger partial charge on any atom is 0.139 e. The zero-order valence-corrected chi connectivity index (χ0v) is 20.2. The Kier molecular flexibility index (Phi) is 5.63. The molecule has 1 aromatic heterocycles. The van der Waals surface area contributed by atoms with Gasteiger partial charge in [-0.05, 0) is 91.4 Å². The maximum absolute atomic E-state index is 12.6. The minimum absolute atomic E-state index is 0.0314. The average Bonchev–Trinajstić information content (AvgIpc) is 3.45. The molecular formula is C30H35N3O. The summed E-state index contributed by atoms with van der Waals surface area (Å²) < 4.78 is 1.99. The second-order valence-corrected chi connectivity index (χ2v) is 11.1. The average molecular weight is 454 g/mol. The highest BCUT2D eigenvalue weighted by Gasteiger charge is 2.54. The van der Waals surface area contributed by atoms with E-state index in [1.54, 1.807) is 11.1 Å². The van der Waals surface area contributed by atoms with Crippen LogP contribution in [0.2, 0.25) is 0 Å². The van der Waals surface area contributed by atoms with E-state index in [0.29, 0.717) is 23.5 Å². The normalized spacial score (nSPS) is 27.8. The van der Waals surface area contributed by atoms with Gasteiger partial charge in [-0.15, -0.1) is 5.10 Å². The van der Waals surface area contributed by atoms with E-state index < -0.39 is 0 Å². The molecule has 0 amide bonds. The number of Topliss-reactive ketones (excluding diaryl/α,β-unsaturated/α-hetero) is 1. The summed E-state index contributed by atoms with van der Waals surface area (Å²) in [5, 5.41) is 8.75. The van der Waals surface area contributed by atoms with Crippen LogP contribution in [0.15, 0.2) is 54.7 Å². The van der Waals surface area contributed by atoms with Crippen molar-refractivity contribution in [3.63, 3.8) is 0 Å². The smallest absolute Gasteiger partial charge is 0.139 e. The van der Waals surface area contributed by atoms with E-state index in [1.165, 1.54) is 24.0 Å². The topological polar surface area (TPSA) is 47.8 Å². The molecule has 176 valence electrons. The molecule has 4 atom stereocenters. The van der Waals surface area contributed by atoms with Crippen molar-refractivity contribution in [2.24, 2.45) is 17.3 Å². The van der Waals surface area contributed by atoms with E-state index in [-0.39, 0.29) is 5.41 Å². The number of benzene rings is 2. The largest absolute Gasteiger partial charge is 0.299 e. The molecule has 2 aromatic carbocycles. The number of aryl methyl sites for hydroxylation is 5. The molecule has 0 bridgehead atoms. The molecule has 2 saturated carbocycles. The van der Waals surface area contributed by atoms with Gasteiger partial charge < -0.3 is 0 Å². The summed E-state index contributed by atoms with van der Waals surface area (Å²) in [6, 6.07) is 17.8. The summed E-state index contributed by atoms with van der Waals surface area (Å²) in [4.78, 5) is 12.6. The molecule has 34 heavy (non-hydrogen) atoms. The number of rotatable bonds is 6. The van der Waals surface area contributed by atoms with Crippen LogP contribution in [0.3, 0.4) is 0 Å². The predicted octanol–water partition coefficient (Wildman–Crippen LogP) is 5.73. The third-order valence-electron chi connectivity index (χ3n) is 9.23. The van der Waals surface area contributed by atoms with E-state index in [0.717, 1.165) is 57.2 Å². The van der Waals surface area contributed by atoms with Crippen LogP contribution in [0, 0.1) is 17.3 Å². The monoisotopic (exact) mass is 453 g/mol. The highest BCUT2D eigenvalue weighted by Crippen LogP contribution is 2.59. The van der Waals surface area contributed by atoms with E-state index in [4.69, 9.17) is 0 Å². The summed E-state index contributed by atoms with van der Waals surface area (Å²) >= 11 is 0. The Balaban J connectivity index is 1.09. The van der Waals surface area contributed by atoms with Crippen LogP contribution in [-0.2, 0) is 37.0 Å². The fourth-order valence-corrected chi connectivity index (χ4v) is 7.29. The van der Waals surface area contributed by atoms with Crippen molar-refractivity contribution in [2.45, 2.75) is 77.2 Å². The van der Waals surface area contributed by atoms with E-state index >= 15 is 0 Å². The Labute approximate surface area is 202 Å². The van der Waals surface area contributed by atoms with Gasteiger partial charge >= 0.3 is 0 Å². The van der Waals surface area contributed by atoms with Crippen molar-refractivity contribution in [3.05, 3.63) is 82.7 Å². The van der Waals surface area contributed by atoms with Gasteiger partial charge in [0.15, 0.2) is 0 Å². The fourth-order valence-electron chi connectivity index (χ4n) is 7.29. The van der Waals surface area contributed by atoms with Crippen LogP contribution >= 0.6 is 0 Å². The highest BCUT2D eigenvalue weighted by molar-refractivity contribution is 5.87. The second-order valence-electron chi connectivity index (χ2n) is 11.1. The van der Waals surface area contributed by atoms with Gasteiger partial charge in [0.1, 0.15) is 5.78 Å². The number of aromatic nitrogens is 3. The van der Waals surface area contributed by atoms with Gasteiger partial charge in [-0.2, -0.15) is 0 Å². The highest BCUT2D eigenvalue weighted by atomic mass is 16.1. The zero-order chi connectivity index (χ0) is 23.1. The Morgan fingerprint density at radius 2 is 1.85 bits per heavy atom. The van der Waals surface area contributed by atoms with Crippen molar-refractivity contribution in [1.29, 1.82) is 0 Å². The molecule has 0 unspecified atom stereocenters. The molecule has 4 heteroatoms. The van der Waals surface area contributed by atoms with Crippen molar-refractivity contribution >= 4 is 5.78 Å². The summed E-state index contributed by atoms with van der Waals surface area (Å²) in [7, 11) is 0. The summed E-state index contributed by atoms with van der Waals surface area (Å²) in [5.41, 5.74) is 6.90. The summed E-state index contributed by atoms with van der Waals surface area (Å²) in [6.07, 6.45) is 11.6. The van der Waals surface area contributed by atoms with E-state index in [9.17, 15) is 4.79 Å². The standard InChI is InChI=1S/C30H35N3O/c1-30-17-15-26-25-11-8-22(19-23(25)9-12-27(26)28(30)13-14-29(30)34)16-18-33-20-24(31-32-33)10-7-21-5-3-2-4-6-21/h2-6,8,11,19-20,26-28H,7,9-10,12-18H2,1H3/t26-,27-,28+,30+/m1/s1. The molecule has 1 heterocycles. The Hall–Kier alpha value is -2.75. The molecule has 0 saturated heterocycles. The zero-order valence-electron chi connectivity index (χ0n) is 20.2. The molecule has 0 radical (unpaired) electrons. The molecule has 6 rings (SSSR count). The first-order chi connectivity index (χ1) is 16.6. The van der Waals surface area contributed by atoms with Crippen molar-refractivity contribution < 1.29 is 4.79 Å². The first-order valence-electron chi connectivity index (χ1n) is 13.2. The number of hydrogen-bond donors (Lipinski definition) is 0. The van der Waals surface area contributed by atoms with Crippen molar-refractivity contribution in [3.8, 4) is 0 Å². The lowest BCUT2D eigenvalue weighted by atomic mass is 9.55. The molecule has 0 aliphatic heterocycles. The Bertz CT molecular complexity index is 1180. The van der Waals surface area contributed by atoms with Crippen LogP contribution in [-0.4, -0.2) is 20.8 Å². The quantitative estimate of drug-likeness (QED) is 0.479. The molecule has 3 aliphatic carbocycles. The van der Waals surface area contributed by atoms with E-state index in [2.05, 4.69) is 72.0 Å². The molecule has 0 N–H and O–H groups in total. The third-order valence-corrected chi connectivity index (χ3v) is 9.23. The van der Waals surface area contributed by atoms with Gasteiger partial charge in [-0.25, -0.2) is 0 Å². The Morgan fingerprint density at radius 3 is 2.74 bits per heavy atom. The first-order valence-corrected chi connectivity index (χ1v) is 13.2. The number of fused-ring (bicyclic) bond motifs is 5. The van der Waals surface area contributed by atoms with E-state index in [1.807, 2.05) is 4.68 Å². The maximum atomic E-state index is 12.6. The number of carbonyl (C=O) groups is 1. The summed E-state index contributed by atoms with van der Waals surface area (Å²) in [6.45, 7) is 3.13. The van der Waals surface area contributed by atoms with Crippen LogP contribution in [0.1, 0.15) is 72.9 Å². The van der Waals surface area contributed by atoms with Gasteiger partial charge in [-0.3, -0.25) is 9.48 Å². The van der Waals surface area contributed by atoms with Gasteiger partial charge in [0.2, 0.25) is 0 Å². The van der Waals surface area contributed by atoms with Crippen molar-refractivity contribution in [2.75, 3.05) is 0 Å². The number of hydrogen-bond acceptors (Lipinski definition) is 3. The van der Waals surface area contributed by atoms with Gasteiger partial charge in [0, 0.05) is 24.6 Å². The molecule has 3 aromatic rings. The van der Waals surface area contributed by atoms with Crippen LogP contribution in [0.4, 0.5) is 0 Å². The summed E-state index contributed by atoms with van der Waals surface area (Å²) in [5.74, 6) is 2.50. The van der Waals surface area contributed by atoms with Crippen LogP contribution in [0.25, 0.3) is 0 Å². The van der Waals surface area contributed by atoms with Gasteiger partial charge in [0.25, 0.3) is 0 Å². The number of ketones is 1. The Morgan fingerprint density at radius 1 is 0.971 bits per heavy atom. The molecular weight excluding hydrogens is 418 g/mol. The third kappa shape index (κ3) is 3.91. The SMILES string of the molecule is C[C@]12CC[C@@H]3c4ccc(CCn5cc(CCc6ccccc6)nn5)cc4CC[C@H]3[C@@H]1CCC2=O. The van der Waals surface area contributed by atoms with Gasteiger partial charge in [0.05, 0.1) is 5.69 Å². The van der Waals surface area contributed by atoms with Gasteiger partial charge in [-0.1, -0.05) is 60.7 Å². The lowest BCUT2D eigenvalue weighted by molar-refractivity contribution is -0.129. The fraction of sp³-hybridized carbons (Fsp3) is 0.500. The number of carbonyl (C=O) groups excluding carboxylic acids is 1. The lowest BCUT2D eigenvalue weighted by Gasteiger charge is -2.48. The minimum Gasteiger partial charge on any atom is -0.299 e. The second kappa shape index (κ2) is 8.79. The van der Waals surface area contributed by atoms with Crippen LogP contribution in [0.5, 0.6) is 0 Å².